The van der Waals surface area contributed by atoms with Crippen LogP contribution in [0.1, 0.15) is 11.1 Å². The van der Waals surface area contributed by atoms with Gasteiger partial charge in [0.15, 0.2) is 5.11 Å². The van der Waals surface area contributed by atoms with E-state index in [0.717, 1.165) is 22.6 Å². The van der Waals surface area contributed by atoms with Crippen LogP contribution in [-0.2, 0) is 11.2 Å². The number of carbonyl (C=O) groups excluding carboxylic acids is 1. The van der Waals surface area contributed by atoms with Gasteiger partial charge in [-0.3, -0.25) is 4.79 Å². The molecule has 2 N–H and O–H groups in total. The summed E-state index contributed by atoms with van der Waals surface area (Å²) >= 11 is 5.16. The predicted molar refractivity (Wildman–Crippen MR) is 92.2 cm³/mol. The molecular weight excluding hydrogens is 296 g/mol. The number of benzene rings is 2. The SMILES string of the molecule is COc1ccc(NC(=S)NC(=O)Cc2ccccc2)cc1C. The van der Waals surface area contributed by atoms with Crippen molar-refractivity contribution in [3.05, 3.63) is 59.7 Å². The molecule has 0 aromatic heterocycles. The van der Waals surface area contributed by atoms with Crippen molar-refractivity contribution < 1.29 is 9.53 Å². The molecule has 0 heterocycles. The first kappa shape index (κ1) is 16.0. The van der Waals surface area contributed by atoms with E-state index in [4.69, 9.17) is 17.0 Å². The summed E-state index contributed by atoms with van der Waals surface area (Å²) in [7, 11) is 1.63. The van der Waals surface area contributed by atoms with Crippen LogP contribution in [0.4, 0.5) is 5.69 Å². The van der Waals surface area contributed by atoms with Gasteiger partial charge in [-0.1, -0.05) is 30.3 Å². The number of rotatable bonds is 4. The van der Waals surface area contributed by atoms with E-state index in [1.54, 1.807) is 7.11 Å². The van der Waals surface area contributed by atoms with Crippen LogP contribution in [0.5, 0.6) is 5.75 Å². The zero-order chi connectivity index (χ0) is 15.9. The molecule has 0 spiro atoms. The maximum Gasteiger partial charge on any atom is 0.230 e. The first-order chi connectivity index (χ1) is 10.6. The van der Waals surface area contributed by atoms with Gasteiger partial charge in [-0.15, -0.1) is 0 Å². The minimum Gasteiger partial charge on any atom is -0.496 e. The normalized spacial score (nSPS) is 9.91. The topological polar surface area (TPSA) is 50.4 Å². The van der Waals surface area contributed by atoms with E-state index in [1.807, 2.05) is 55.5 Å². The van der Waals surface area contributed by atoms with Crippen LogP contribution in [0, 0.1) is 6.92 Å². The second-order valence-corrected chi connectivity index (χ2v) is 5.26. The van der Waals surface area contributed by atoms with Gasteiger partial charge in [-0.25, -0.2) is 0 Å². The third-order valence-electron chi connectivity index (χ3n) is 3.11. The number of amides is 1. The van der Waals surface area contributed by atoms with Crippen LogP contribution >= 0.6 is 12.2 Å². The van der Waals surface area contributed by atoms with E-state index in [1.165, 1.54) is 0 Å². The maximum atomic E-state index is 11.9. The van der Waals surface area contributed by atoms with Gasteiger partial charge in [0.1, 0.15) is 5.75 Å². The fourth-order valence-electron chi connectivity index (χ4n) is 2.07. The van der Waals surface area contributed by atoms with Gasteiger partial charge in [0.05, 0.1) is 13.5 Å². The highest BCUT2D eigenvalue weighted by molar-refractivity contribution is 7.80. The molecule has 0 fully saturated rings. The summed E-state index contributed by atoms with van der Waals surface area (Å²) in [6.45, 7) is 1.95. The van der Waals surface area contributed by atoms with Gasteiger partial charge < -0.3 is 15.4 Å². The Hall–Kier alpha value is -2.40. The summed E-state index contributed by atoms with van der Waals surface area (Å²) in [5.41, 5.74) is 2.75. The Morgan fingerprint density at radius 3 is 2.55 bits per heavy atom. The standard InChI is InChI=1S/C17H18N2O2S/c1-12-10-14(8-9-15(12)21-2)18-17(22)19-16(20)11-13-6-4-3-5-7-13/h3-10H,11H2,1-2H3,(H2,18,19,20,22). The number of hydrogen-bond donors (Lipinski definition) is 2. The van der Waals surface area contributed by atoms with E-state index in [-0.39, 0.29) is 11.0 Å². The van der Waals surface area contributed by atoms with E-state index in [9.17, 15) is 4.79 Å². The third kappa shape index (κ3) is 4.56. The first-order valence-corrected chi connectivity index (χ1v) is 7.28. The molecule has 114 valence electrons. The fraction of sp³-hybridized carbons (Fsp3) is 0.176. The molecule has 0 unspecified atom stereocenters. The molecule has 2 aromatic rings. The number of ether oxygens (including phenoxy) is 1. The molecule has 4 nitrogen and oxygen atoms in total. The fourth-order valence-corrected chi connectivity index (χ4v) is 2.30. The van der Waals surface area contributed by atoms with E-state index in [0.29, 0.717) is 6.42 Å². The zero-order valence-corrected chi connectivity index (χ0v) is 13.4. The zero-order valence-electron chi connectivity index (χ0n) is 12.6. The number of aryl methyl sites for hydroxylation is 1. The Morgan fingerprint density at radius 1 is 1.18 bits per heavy atom. The van der Waals surface area contributed by atoms with Gasteiger partial charge >= 0.3 is 0 Å². The third-order valence-corrected chi connectivity index (χ3v) is 3.32. The van der Waals surface area contributed by atoms with Crippen molar-refractivity contribution in [3.8, 4) is 5.75 Å². The molecule has 0 aliphatic heterocycles. The Bertz CT molecular complexity index is 672. The number of carbonyl (C=O) groups is 1. The molecule has 0 saturated heterocycles. The number of thiocarbonyl (C=S) groups is 1. The van der Waals surface area contributed by atoms with Gasteiger partial charge in [0, 0.05) is 5.69 Å². The molecule has 1 amide bonds. The lowest BCUT2D eigenvalue weighted by Crippen LogP contribution is -2.35. The number of methoxy groups -OCH3 is 1. The monoisotopic (exact) mass is 314 g/mol. The second kappa shape index (κ2) is 7.56. The average Bonchev–Trinajstić information content (AvgIpc) is 2.48. The van der Waals surface area contributed by atoms with Crippen LogP contribution < -0.4 is 15.4 Å². The van der Waals surface area contributed by atoms with Crippen molar-refractivity contribution in [3.63, 3.8) is 0 Å². The quantitative estimate of drug-likeness (QED) is 0.852. The van der Waals surface area contributed by atoms with Crippen LogP contribution in [0.25, 0.3) is 0 Å². The minimum absolute atomic E-state index is 0.145. The van der Waals surface area contributed by atoms with Crippen molar-refractivity contribution in [1.29, 1.82) is 0 Å². The Labute approximate surface area is 135 Å². The van der Waals surface area contributed by atoms with Crippen LogP contribution in [0.3, 0.4) is 0 Å². The highest BCUT2D eigenvalue weighted by atomic mass is 32.1. The smallest absolute Gasteiger partial charge is 0.230 e. The molecule has 2 rings (SSSR count). The lowest BCUT2D eigenvalue weighted by molar-refractivity contribution is -0.119. The van der Waals surface area contributed by atoms with Crippen LogP contribution in [0.15, 0.2) is 48.5 Å². The van der Waals surface area contributed by atoms with E-state index in [2.05, 4.69) is 10.6 Å². The summed E-state index contributed by atoms with van der Waals surface area (Å²) in [5, 5.41) is 5.95. The second-order valence-electron chi connectivity index (χ2n) is 4.85. The molecule has 0 aliphatic rings. The Kier molecular flexibility index (Phi) is 5.49. The lowest BCUT2D eigenvalue weighted by Gasteiger charge is -2.11. The van der Waals surface area contributed by atoms with Crippen molar-refractivity contribution in [2.75, 3.05) is 12.4 Å². The molecule has 0 radical (unpaired) electrons. The van der Waals surface area contributed by atoms with E-state index >= 15 is 0 Å². The predicted octanol–water partition coefficient (Wildman–Crippen LogP) is 3.06. The molecule has 0 atom stereocenters. The van der Waals surface area contributed by atoms with Crippen molar-refractivity contribution in [2.24, 2.45) is 0 Å². The summed E-state index contributed by atoms with van der Waals surface area (Å²) in [5.74, 6) is 0.665. The number of anilines is 1. The number of hydrogen-bond acceptors (Lipinski definition) is 3. The van der Waals surface area contributed by atoms with E-state index < -0.39 is 0 Å². The molecule has 0 saturated carbocycles. The summed E-state index contributed by atoms with van der Waals surface area (Å²) in [6.07, 6.45) is 0.296. The average molecular weight is 314 g/mol. The molecule has 0 bridgehead atoms. The van der Waals surface area contributed by atoms with Gasteiger partial charge in [0.2, 0.25) is 5.91 Å². The van der Waals surface area contributed by atoms with Crippen LogP contribution in [0.2, 0.25) is 0 Å². The highest BCUT2D eigenvalue weighted by Gasteiger charge is 2.07. The number of nitrogens with one attached hydrogen (secondary N) is 2. The maximum absolute atomic E-state index is 11.9. The molecule has 2 aromatic carbocycles. The van der Waals surface area contributed by atoms with Gasteiger partial charge in [-0.05, 0) is 48.5 Å². The Balaban J connectivity index is 1.90. The summed E-state index contributed by atoms with van der Waals surface area (Å²) in [4.78, 5) is 11.9. The van der Waals surface area contributed by atoms with Gasteiger partial charge in [-0.2, -0.15) is 0 Å². The largest absolute Gasteiger partial charge is 0.496 e. The van der Waals surface area contributed by atoms with Crippen molar-refractivity contribution in [1.82, 2.24) is 5.32 Å². The van der Waals surface area contributed by atoms with Crippen LogP contribution in [-0.4, -0.2) is 18.1 Å². The molecule has 5 heteroatoms. The highest BCUT2D eigenvalue weighted by Crippen LogP contribution is 2.21. The van der Waals surface area contributed by atoms with Gasteiger partial charge in [0.25, 0.3) is 0 Å². The molecule has 0 aliphatic carbocycles. The Morgan fingerprint density at radius 2 is 1.91 bits per heavy atom. The lowest BCUT2D eigenvalue weighted by atomic mass is 10.1. The minimum atomic E-state index is -0.145. The first-order valence-electron chi connectivity index (χ1n) is 6.88. The summed E-state index contributed by atoms with van der Waals surface area (Å²) in [6, 6.07) is 15.1. The molecular formula is C17H18N2O2S. The summed E-state index contributed by atoms with van der Waals surface area (Å²) < 4.78 is 5.21. The molecule has 22 heavy (non-hydrogen) atoms. The van der Waals surface area contributed by atoms with Crippen molar-refractivity contribution >= 4 is 28.9 Å². The van der Waals surface area contributed by atoms with Crippen molar-refractivity contribution in [2.45, 2.75) is 13.3 Å².